The van der Waals surface area contributed by atoms with E-state index in [1.807, 2.05) is 75.4 Å². The molecule has 0 aromatic heterocycles. The van der Waals surface area contributed by atoms with E-state index in [0.717, 1.165) is 16.7 Å². The Morgan fingerprint density at radius 1 is 1.00 bits per heavy atom. The van der Waals surface area contributed by atoms with Gasteiger partial charge in [0.2, 0.25) is 0 Å². The van der Waals surface area contributed by atoms with Crippen molar-refractivity contribution in [3.63, 3.8) is 0 Å². The van der Waals surface area contributed by atoms with E-state index in [4.69, 9.17) is 9.47 Å². The number of likely N-dealkylation sites (tertiary alicyclic amines) is 1. The third-order valence-corrected chi connectivity index (χ3v) is 5.95. The molecule has 1 atom stereocenters. The molecule has 180 valence electrons. The van der Waals surface area contributed by atoms with Gasteiger partial charge in [-0.2, -0.15) is 0 Å². The molecule has 1 aliphatic rings. The highest BCUT2D eigenvalue weighted by Gasteiger charge is 2.46. The summed E-state index contributed by atoms with van der Waals surface area (Å²) in [5.74, 6) is -0.201. The van der Waals surface area contributed by atoms with Crippen LogP contribution in [0, 0.1) is 6.92 Å². The summed E-state index contributed by atoms with van der Waals surface area (Å²) in [6, 6.07) is 21.2. The molecule has 0 bridgehead atoms. The number of carbonyl (C=O) groups excluding carboxylic acids is 2. The SMILES string of the molecule is COc1cccc(CN2C(=O)C(=O)/C(=C(\O)c3ccc(OC(C)C)c(C)c3)C2c2ccccc2)c1. The van der Waals surface area contributed by atoms with Gasteiger partial charge in [0, 0.05) is 12.1 Å². The highest BCUT2D eigenvalue weighted by molar-refractivity contribution is 6.46. The zero-order valence-electron chi connectivity index (χ0n) is 20.3. The summed E-state index contributed by atoms with van der Waals surface area (Å²) >= 11 is 0. The first-order chi connectivity index (χ1) is 16.8. The van der Waals surface area contributed by atoms with Crippen LogP contribution in [-0.2, 0) is 16.1 Å². The van der Waals surface area contributed by atoms with Crippen molar-refractivity contribution in [2.45, 2.75) is 39.5 Å². The minimum Gasteiger partial charge on any atom is -0.507 e. The lowest BCUT2D eigenvalue weighted by molar-refractivity contribution is -0.140. The molecule has 1 amide bonds. The van der Waals surface area contributed by atoms with Crippen LogP contribution in [0.15, 0.2) is 78.4 Å². The van der Waals surface area contributed by atoms with Crippen LogP contribution in [0.2, 0.25) is 0 Å². The number of aliphatic hydroxyl groups is 1. The summed E-state index contributed by atoms with van der Waals surface area (Å²) in [4.78, 5) is 28.0. The molecule has 0 spiro atoms. The van der Waals surface area contributed by atoms with Gasteiger partial charge < -0.3 is 19.5 Å². The Labute approximate surface area is 205 Å². The molecule has 1 heterocycles. The zero-order valence-corrected chi connectivity index (χ0v) is 20.3. The second kappa shape index (κ2) is 10.1. The number of carbonyl (C=O) groups is 2. The number of amides is 1. The Morgan fingerprint density at radius 2 is 1.74 bits per heavy atom. The number of Topliss-reactive ketones (excluding diaryl/α,β-unsaturated/α-hetero) is 1. The summed E-state index contributed by atoms with van der Waals surface area (Å²) in [6.07, 6.45) is 0.00756. The maximum absolute atomic E-state index is 13.3. The van der Waals surface area contributed by atoms with Crippen LogP contribution in [0.4, 0.5) is 0 Å². The van der Waals surface area contributed by atoms with Gasteiger partial charge in [0.1, 0.15) is 17.3 Å². The number of aliphatic hydroxyl groups excluding tert-OH is 1. The highest BCUT2D eigenvalue weighted by atomic mass is 16.5. The molecule has 1 aliphatic heterocycles. The van der Waals surface area contributed by atoms with Crippen molar-refractivity contribution in [2.24, 2.45) is 0 Å². The Balaban J connectivity index is 1.80. The molecule has 4 rings (SSSR count). The first-order valence-corrected chi connectivity index (χ1v) is 11.5. The smallest absolute Gasteiger partial charge is 0.295 e. The molecule has 1 unspecified atom stereocenters. The van der Waals surface area contributed by atoms with Gasteiger partial charge in [0.15, 0.2) is 0 Å². The predicted molar refractivity (Wildman–Crippen MR) is 134 cm³/mol. The van der Waals surface area contributed by atoms with Gasteiger partial charge in [-0.25, -0.2) is 0 Å². The lowest BCUT2D eigenvalue weighted by atomic mass is 9.94. The minimum absolute atomic E-state index is 0.00756. The first-order valence-electron chi connectivity index (χ1n) is 11.5. The monoisotopic (exact) mass is 471 g/mol. The molecule has 0 saturated carbocycles. The van der Waals surface area contributed by atoms with Crippen molar-refractivity contribution < 1.29 is 24.2 Å². The van der Waals surface area contributed by atoms with E-state index in [9.17, 15) is 14.7 Å². The fourth-order valence-electron chi connectivity index (χ4n) is 4.33. The van der Waals surface area contributed by atoms with Crippen LogP contribution < -0.4 is 9.47 Å². The fourth-order valence-corrected chi connectivity index (χ4v) is 4.33. The summed E-state index contributed by atoms with van der Waals surface area (Å²) in [7, 11) is 1.58. The van der Waals surface area contributed by atoms with E-state index in [2.05, 4.69) is 0 Å². The Bertz CT molecular complexity index is 1280. The van der Waals surface area contributed by atoms with Gasteiger partial charge in [-0.05, 0) is 67.8 Å². The number of ketones is 1. The van der Waals surface area contributed by atoms with Crippen LogP contribution >= 0.6 is 0 Å². The number of hydrogen-bond donors (Lipinski definition) is 1. The maximum Gasteiger partial charge on any atom is 0.295 e. The van der Waals surface area contributed by atoms with Gasteiger partial charge in [-0.3, -0.25) is 9.59 Å². The largest absolute Gasteiger partial charge is 0.507 e. The van der Waals surface area contributed by atoms with Crippen LogP contribution in [0.3, 0.4) is 0 Å². The van der Waals surface area contributed by atoms with Crippen molar-refractivity contribution in [3.8, 4) is 11.5 Å². The van der Waals surface area contributed by atoms with Crippen LogP contribution in [-0.4, -0.2) is 34.9 Å². The summed E-state index contributed by atoms with van der Waals surface area (Å²) < 4.78 is 11.1. The number of benzene rings is 3. The zero-order chi connectivity index (χ0) is 25.1. The average molecular weight is 472 g/mol. The maximum atomic E-state index is 13.3. The van der Waals surface area contributed by atoms with Crippen molar-refractivity contribution in [3.05, 3.63) is 101 Å². The summed E-state index contributed by atoms with van der Waals surface area (Å²) in [5.41, 5.74) is 2.91. The number of aryl methyl sites for hydroxylation is 1. The van der Waals surface area contributed by atoms with E-state index >= 15 is 0 Å². The number of ether oxygens (including phenoxy) is 2. The van der Waals surface area contributed by atoms with E-state index in [1.54, 1.807) is 25.3 Å². The van der Waals surface area contributed by atoms with Crippen molar-refractivity contribution in [1.82, 2.24) is 4.90 Å². The molecule has 3 aromatic carbocycles. The van der Waals surface area contributed by atoms with E-state index < -0.39 is 17.7 Å². The van der Waals surface area contributed by atoms with Crippen molar-refractivity contribution in [2.75, 3.05) is 7.11 Å². The molecule has 6 heteroatoms. The van der Waals surface area contributed by atoms with Gasteiger partial charge in [-0.15, -0.1) is 0 Å². The Hall–Kier alpha value is -4.06. The third-order valence-electron chi connectivity index (χ3n) is 5.95. The molecule has 3 aromatic rings. The second-order valence-electron chi connectivity index (χ2n) is 8.84. The minimum atomic E-state index is -0.728. The van der Waals surface area contributed by atoms with E-state index in [-0.39, 0.29) is 24.0 Å². The standard InChI is InChI=1S/C29H29NO5/c1-18(2)35-24-14-13-22(15-19(24)3)27(31)25-26(21-10-6-5-7-11-21)30(29(33)28(25)32)17-20-9-8-12-23(16-20)34-4/h5-16,18,26,31H,17H2,1-4H3/b27-25-. The molecule has 1 N–H and O–H groups in total. The van der Waals surface area contributed by atoms with Gasteiger partial charge in [0.25, 0.3) is 11.7 Å². The molecule has 0 radical (unpaired) electrons. The second-order valence-corrected chi connectivity index (χ2v) is 8.84. The van der Waals surface area contributed by atoms with Crippen LogP contribution in [0.1, 0.15) is 42.1 Å². The first kappa shape index (κ1) is 24.1. The Morgan fingerprint density at radius 3 is 2.40 bits per heavy atom. The topological polar surface area (TPSA) is 76.1 Å². The molecular formula is C29H29NO5. The average Bonchev–Trinajstić information content (AvgIpc) is 3.10. The molecule has 6 nitrogen and oxygen atoms in total. The van der Waals surface area contributed by atoms with E-state index in [0.29, 0.717) is 17.1 Å². The number of rotatable bonds is 7. The van der Waals surface area contributed by atoms with E-state index in [1.165, 1.54) is 4.90 Å². The molecule has 0 aliphatic carbocycles. The third kappa shape index (κ3) is 4.92. The molecule has 1 fully saturated rings. The van der Waals surface area contributed by atoms with Gasteiger partial charge in [0.05, 0.1) is 24.8 Å². The Kier molecular flexibility index (Phi) is 6.92. The predicted octanol–water partition coefficient (Wildman–Crippen LogP) is 5.41. The van der Waals surface area contributed by atoms with Gasteiger partial charge >= 0.3 is 0 Å². The van der Waals surface area contributed by atoms with Crippen molar-refractivity contribution >= 4 is 17.4 Å². The normalized spacial score (nSPS) is 17.2. The van der Waals surface area contributed by atoms with Crippen LogP contribution in [0.25, 0.3) is 5.76 Å². The fraction of sp³-hybridized carbons (Fsp3) is 0.241. The summed E-state index contributed by atoms with van der Waals surface area (Å²) in [5, 5.41) is 11.3. The molecule has 35 heavy (non-hydrogen) atoms. The highest BCUT2D eigenvalue weighted by Crippen LogP contribution is 2.40. The van der Waals surface area contributed by atoms with Gasteiger partial charge in [-0.1, -0.05) is 42.5 Å². The lowest BCUT2D eigenvalue weighted by Crippen LogP contribution is -2.29. The number of methoxy groups -OCH3 is 1. The lowest BCUT2D eigenvalue weighted by Gasteiger charge is -2.25. The summed E-state index contributed by atoms with van der Waals surface area (Å²) in [6.45, 7) is 5.96. The van der Waals surface area contributed by atoms with Crippen LogP contribution in [0.5, 0.6) is 11.5 Å². The quantitative estimate of drug-likeness (QED) is 0.283. The van der Waals surface area contributed by atoms with Crippen molar-refractivity contribution in [1.29, 1.82) is 0 Å². The molecular weight excluding hydrogens is 442 g/mol. The molecule has 1 saturated heterocycles. The number of hydrogen-bond acceptors (Lipinski definition) is 5. The number of nitrogens with zero attached hydrogens (tertiary/aromatic N) is 1.